The summed E-state index contributed by atoms with van der Waals surface area (Å²) in [6.45, 7) is 0.0971. The molecule has 0 atom stereocenters. The van der Waals surface area contributed by atoms with Gasteiger partial charge in [0.05, 0.1) is 0 Å². The van der Waals surface area contributed by atoms with Gasteiger partial charge in [0, 0.05) is 18.7 Å². The van der Waals surface area contributed by atoms with Crippen molar-refractivity contribution in [1.29, 1.82) is 0 Å². The number of sulfonamides is 1. The van der Waals surface area contributed by atoms with Gasteiger partial charge in [-0.1, -0.05) is 35.4 Å². The van der Waals surface area contributed by atoms with E-state index in [1.807, 2.05) is 0 Å². The van der Waals surface area contributed by atoms with Crippen LogP contribution in [0.5, 0.6) is 0 Å². The molecule has 8 heteroatoms. The van der Waals surface area contributed by atoms with Crippen LogP contribution in [0.15, 0.2) is 17.0 Å². The lowest BCUT2D eigenvalue weighted by Crippen LogP contribution is -2.26. The standard InChI is InChI=1S/C12H15F3INO2S/c13-9-7-10(14)12(11(15)8-9)20(18,19)17-6-4-2-1-3-5-16/h7-8,17H,1-6H2. The van der Waals surface area contributed by atoms with E-state index in [9.17, 15) is 21.6 Å². The van der Waals surface area contributed by atoms with Crippen LogP contribution < -0.4 is 4.72 Å². The molecular formula is C12H15F3INO2S. The number of alkyl halides is 1. The van der Waals surface area contributed by atoms with Gasteiger partial charge in [0.25, 0.3) is 0 Å². The minimum atomic E-state index is -4.30. The third-order valence-electron chi connectivity index (χ3n) is 2.58. The molecule has 1 aromatic rings. The molecule has 20 heavy (non-hydrogen) atoms. The maximum Gasteiger partial charge on any atom is 0.246 e. The summed E-state index contributed by atoms with van der Waals surface area (Å²) in [6.07, 6.45) is 3.44. The van der Waals surface area contributed by atoms with E-state index in [0.29, 0.717) is 18.6 Å². The molecule has 114 valence electrons. The second-order valence-corrected chi connectivity index (χ2v) is 6.98. The van der Waals surface area contributed by atoms with Crippen molar-refractivity contribution in [3.63, 3.8) is 0 Å². The average Bonchev–Trinajstić information content (AvgIpc) is 2.31. The molecule has 3 nitrogen and oxygen atoms in total. The van der Waals surface area contributed by atoms with Crippen molar-refractivity contribution in [2.24, 2.45) is 0 Å². The Morgan fingerprint density at radius 2 is 1.55 bits per heavy atom. The summed E-state index contributed by atoms with van der Waals surface area (Å²) in [4.78, 5) is -1.13. The van der Waals surface area contributed by atoms with E-state index in [0.717, 1.165) is 23.7 Å². The second kappa shape index (κ2) is 8.18. The first kappa shape index (κ1) is 17.7. The number of hydrogen-bond acceptors (Lipinski definition) is 2. The normalized spacial score (nSPS) is 11.8. The van der Waals surface area contributed by atoms with Crippen LogP contribution in [-0.2, 0) is 10.0 Å². The zero-order chi connectivity index (χ0) is 15.2. The predicted octanol–water partition coefficient (Wildman–Crippen LogP) is 3.38. The van der Waals surface area contributed by atoms with E-state index in [4.69, 9.17) is 0 Å². The SMILES string of the molecule is O=S(=O)(NCCCCCCI)c1c(F)cc(F)cc1F. The van der Waals surface area contributed by atoms with E-state index in [2.05, 4.69) is 27.3 Å². The number of unbranched alkanes of at least 4 members (excludes halogenated alkanes) is 3. The average molecular weight is 421 g/mol. The molecule has 0 saturated heterocycles. The third-order valence-corrected chi connectivity index (χ3v) is 4.86. The Bertz CT molecular complexity index is 529. The Morgan fingerprint density at radius 1 is 1.00 bits per heavy atom. The molecule has 0 aliphatic carbocycles. The molecule has 0 aliphatic heterocycles. The molecule has 0 radical (unpaired) electrons. The van der Waals surface area contributed by atoms with Crippen molar-refractivity contribution in [2.75, 3.05) is 11.0 Å². The summed E-state index contributed by atoms with van der Waals surface area (Å²) in [7, 11) is -4.30. The minimum Gasteiger partial charge on any atom is -0.211 e. The number of rotatable bonds is 8. The fraction of sp³-hybridized carbons (Fsp3) is 0.500. The van der Waals surface area contributed by atoms with Gasteiger partial charge >= 0.3 is 0 Å². The number of benzene rings is 1. The van der Waals surface area contributed by atoms with Gasteiger partial charge in [-0.2, -0.15) is 0 Å². The number of hydrogen-bond donors (Lipinski definition) is 1. The van der Waals surface area contributed by atoms with Gasteiger partial charge < -0.3 is 0 Å². The zero-order valence-corrected chi connectivity index (χ0v) is 13.6. The first-order valence-corrected chi connectivity index (χ1v) is 9.09. The van der Waals surface area contributed by atoms with Gasteiger partial charge in [-0.15, -0.1) is 0 Å². The minimum absolute atomic E-state index is 0.0971. The van der Waals surface area contributed by atoms with Crippen molar-refractivity contribution < 1.29 is 21.6 Å². The zero-order valence-electron chi connectivity index (χ0n) is 10.6. The van der Waals surface area contributed by atoms with Crippen molar-refractivity contribution >= 4 is 32.6 Å². The molecule has 0 aliphatic rings. The highest BCUT2D eigenvalue weighted by Gasteiger charge is 2.24. The fourth-order valence-corrected chi connectivity index (χ4v) is 3.37. The van der Waals surface area contributed by atoms with Crippen molar-refractivity contribution in [2.45, 2.75) is 30.6 Å². The maximum absolute atomic E-state index is 13.4. The smallest absolute Gasteiger partial charge is 0.211 e. The monoisotopic (exact) mass is 421 g/mol. The molecule has 0 amide bonds. The van der Waals surface area contributed by atoms with Crippen LogP contribution in [0.2, 0.25) is 0 Å². The van der Waals surface area contributed by atoms with Gasteiger partial charge in [0.2, 0.25) is 10.0 Å². The molecule has 0 heterocycles. The van der Waals surface area contributed by atoms with Crippen LogP contribution in [0.3, 0.4) is 0 Å². The Kier molecular flexibility index (Phi) is 7.24. The summed E-state index contributed by atoms with van der Waals surface area (Å²) >= 11 is 2.25. The summed E-state index contributed by atoms with van der Waals surface area (Å²) < 4.78 is 66.2. The molecule has 0 saturated carbocycles. The molecule has 1 rings (SSSR count). The van der Waals surface area contributed by atoms with Crippen LogP contribution in [0.25, 0.3) is 0 Å². The molecule has 0 spiro atoms. The van der Waals surface area contributed by atoms with E-state index >= 15 is 0 Å². The van der Waals surface area contributed by atoms with Gasteiger partial charge in [-0.25, -0.2) is 26.3 Å². The van der Waals surface area contributed by atoms with E-state index in [1.54, 1.807) is 0 Å². The third kappa shape index (κ3) is 5.21. The highest BCUT2D eigenvalue weighted by molar-refractivity contribution is 14.1. The first-order valence-electron chi connectivity index (χ1n) is 6.08. The van der Waals surface area contributed by atoms with Gasteiger partial charge in [0.1, 0.15) is 17.5 Å². The van der Waals surface area contributed by atoms with Crippen LogP contribution in [0, 0.1) is 17.5 Å². The van der Waals surface area contributed by atoms with Crippen molar-refractivity contribution in [3.8, 4) is 0 Å². The highest BCUT2D eigenvalue weighted by atomic mass is 127. The summed E-state index contributed by atoms with van der Waals surface area (Å²) in [5.41, 5.74) is 0. The molecule has 0 aromatic heterocycles. The van der Waals surface area contributed by atoms with Crippen LogP contribution in [0.4, 0.5) is 13.2 Å². The van der Waals surface area contributed by atoms with Gasteiger partial charge in [-0.05, 0) is 17.3 Å². The molecule has 0 fully saturated rings. The number of nitrogens with one attached hydrogen (secondary N) is 1. The van der Waals surface area contributed by atoms with Crippen molar-refractivity contribution in [1.82, 2.24) is 4.72 Å². The highest BCUT2D eigenvalue weighted by Crippen LogP contribution is 2.19. The summed E-state index contributed by atoms with van der Waals surface area (Å²) in [6, 6.07) is 0.691. The topological polar surface area (TPSA) is 46.2 Å². The lowest BCUT2D eigenvalue weighted by atomic mass is 10.2. The second-order valence-electron chi connectivity index (χ2n) is 4.20. The largest absolute Gasteiger partial charge is 0.246 e. The quantitative estimate of drug-likeness (QED) is 0.398. The predicted molar refractivity (Wildman–Crippen MR) is 78.9 cm³/mol. The van der Waals surface area contributed by atoms with Crippen molar-refractivity contribution in [3.05, 3.63) is 29.6 Å². The van der Waals surface area contributed by atoms with Gasteiger partial charge in [0.15, 0.2) is 4.90 Å². The van der Waals surface area contributed by atoms with Crippen LogP contribution >= 0.6 is 22.6 Å². The maximum atomic E-state index is 13.4. The lowest BCUT2D eigenvalue weighted by Gasteiger charge is -2.08. The van der Waals surface area contributed by atoms with E-state index in [-0.39, 0.29) is 6.54 Å². The molecule has 0 bridgehead atoms. The molecular weight excluding hydrogens is 406 g/mol. The molecule has 0 unspecified atom stereocenters. The van der Waals surface area contributed by atoms with E-state index < -0.39 is 32.4 Å². The Hall–Kier alpha value is -0.350. The molecule has 1 aromatic carbocycles. The number of halogens is 4. The molecule has 1 N–H and O–H groups in total. The summed E-state index contributed by atoms with van der Waals surface area (Å²) in [5, 5.41) is 0. The lowest BCUT2D eigenvalue weighted by molar-refractivity contribution is 0.493. The van der Waals surface area contributed by atoms with Crippen LogP contribution in [-0.4, -0.2) is 19.4 Å². The van der Waals surface area contributed by atoms with Gasteiger partial charge in [-0.3, -0.25) is 0 Å². The Balaban J connectivity index is 2.66. The Labute approximate surface area is 130 Å². The first-order chi connectivity index (χ1) is 9.38. The Morgan fingerprint density at radius 3 is 2.10 bits per heavy atom. The van der Waals surface area contributed by atoms with E-state index in [1.165, 1.54) is 0 Å². The van der Waals surface area contributed by atoms with Crippen LogP contribution in [0.1, 0.15) is 25.7 Å². The summed E-state index contributed by atoms with van der Waals surface area (Å²) in [5.74, 6) is -4.02. The fourth-order valence-electron chi connectivity index (χ4n) is 1.64.